The number of rotatable bonds is 13. The van der Waals surface area contributed by atoms with E-state index in [4.69, 9.17) is 0 Å². The van der Waals surface area contributed by atoms with Crippen molar-refractivity contribution in [3.8, 4) is 0 Å². The molecule has 4 atom stereocenters. The SMILES string of the molecule is CCCCC/C=C\C1C[C@]1(NC(=O)[C@@H]1CCCN1C(=O)CNC(=O)NC(CN1Cc2ccccc2S1(=O)=O)C(C)(C)C)C(=O)O. The molecule has 1 aliphatic carbocycles. The van der Waals surface area contributed by atoms with Gasteiger partial charge in [0.2, 0.25) is 21.8 Å². The Morgan fingerprint density at radius 2 is 1.89 bits per heavy atom. The molecule has 0 aromatic heterocycles. The first-order valence-corrected chi connectivity index (χ1v) is 17.3. The van der Waals surface area contributed by atoms with E-state index in [1.165, 1.54) is 9.21 Å². The van der Waals surface area contributed by atoms with Gasteiger partial charge in [-0.1, -0.05) is 70.9 Å². The molecule has 4 N–H and O–H groups in total. The van der Waals surface area contributed by atoms with Crippen LogP contribution in [0.4, 0.5) is 4.79 Å². The van der Waals surface area contributed by atoms with E-state index in [1.807, 2.05) is 32.9 Å². The van der Waals surface area contributed by atoms with Crippen molar-refractivity contribution in [2.24, 2.45) is 11.3 Å². The maximum absolute atomic E-state index is 13.2. The van der Waals surface area contributed by atoms with Crippen molar-refractivity contribution in [3.05, 3.63) is 42.0 Å². The maximum Gasteiger partial charge on any atom is 0.330 e. The van der Waals surface area contributed by atoms with Crippen molar-refractivity contribution in [2.45, 2.75) is 102 Å². The Bertz CT molecular complexity index is 1420. The first kappa shape index (κ1) is 34.4. The molecule has 1 aromatic carbocycles. The van der Waals surface area contributed by atoms with Crippen molar-refractivity contribution in [1.82, 2.24) is 25.2 Å². The summed E-state index contributed by atoms with van der Waals surface area (Å²) in [7, 11) is -3.69. The van der Waals surface area contributed by atoms with Gasteiger partial charge < -0.3 is 26.0 Å². The molecule has 13 heteroatoms. The van der Waals surface area contributed by atoms with Gasteiger partial charge in [0.15, 0.2) is 0 Å². The molecule has 2 fully saturated rings. The van der Waals surface area contributed by atoms with Gasteiger partial charge in [0.1, 0.15) is 11.6 Å². The number of carbonyl (C=O) groups is 4. The third-order valence-corrected chi connectivity index (χ3v) is 10.9. The number of fused-ring (bicyclic) bond motifs is 1. The molecule has 2 aliphatic heterocycles. The number of likely N-dealkylation sites (tertiary alicyclic amines) is 1. The van der Waals surface area contributed by atoms with E-state index in [2.05, 4.69) is 22.9 Å². The highest BCUT2D eigenvalue weighted by Gasteiger charge is 2.61. The Balaban J connectivity index is 1.31. The van der Waals surface area contributed by atoms with Gasteiger partial charge in [0, 0.05) is 31.6 Å². The monoisotopic (exact) mass is 645 g/mol. The third-order valence-electron chi connectivity index (χ3n) is 9.04. The van der Waals surface area contributed by atoms with Gasteiger partial charge in [0.05, 0.1) is 11.4 Å². The lowest BCUT2D eigenvalue weighted by molar-refractivity contribution is -0.145. The average molecular weight is 646 g/mol. The Labute approximate surface area is 266 Å². The predicted molar refractivity (Wildman–Crippen MR) is 168 cm³/mol. The predicted octanol–water partition coefficient (Wildman–Crippen LogP) is 2.99. The highest BCUT2D eigenvalue weighted by molar-refractivity contribution is 7.89. The molecule has 45 heavy (non-hydrogen) atoms. The van der Waals surface area contributed by atoms with Gasteiger partial charge >= 0.3 is 12.0 Å². The van der Waals surface area contributed by atoms with Crippen molar-refractivity contribution >= 4 is 33.8 Å². The lowest BCUT2D eigenvalue weighted by Gasteiger charge is -2.34. The Morgan fingerprint density at radius 1 is 1.16 bits per heavy atom. The first-order valence-electron chi connectivity index (χ1n) is 15.8. The summed E-state index contributed by atoms with van der Waals surface area (Å²) in [5.74, 6) is -2.35. The highest BCUT2D eigenvalue weighted by atomic mass is 32.2. The van der Waals surface area contributed by atoms with Crippen LogP contribution in [0.25, 0.3) is 0 Å². The quantitative estimate of drug-likeness (QED) is 0.189. The number of urea groups is 1. The van der Waals surface area contributed by atoms with E-state index in [1.54, 1.807) is 24.3 Å². The molecule has 3 aliphatic rings. The van der Waals surface area contributed by atoms with Crippen LogP contribution in [0.15, 0.2) is 41.3 Å². The van der Waals surface area contributed by atoms with Gasteiger partial charge in [0.25, 0.3) is 0 Å². The van der Waals surface area contributed by atoms with Crippen LogP contribution in [0, 0.1) is 11.3 Å². The van der Waals surface area contributed by atoms with E-state index >= 15 is 0 Å². The van der Waals surface area contributed by atoms with Crippen LogP contribution in [0.2, 0.25) is 0 Å². The van der Waals surface area contributed by atoms with Gasteiger partial charge in [-0.3, -0.25) is 9.59 Å². The van der Waals surface area contributed by atoms with Crippen LogP contribution in [0.5, 0.6) is 0 Å². The smallest absolute Gasteiger partial charge is 0.330 e. The summed E-state index contributed by atoms with van der Waals surface area (Å²) in [6, 6.07) is 4.79. The Morgan fingerprint density at radius 3 is 2.56 bits per heavy atom. The number of hydrogen-bond acceptors (Lipinski definition) is 6. The highest BCUT2D eigenvalue weighted by Crippen LogP contribution is 2.45. The minimum Gasteiger partial charge on any atom is -0.479 e. The van der Waals surface area contributed by atoms with Crippen molar-refractivity contribution in [3.63, 3.8) is 0 Å². The van der Waals surface area contributed by atoms with E-state index in [9.17, 15) is 32.7 Å². The second-order valence-electron chi connectivity index (χ2n) is 13.4. The average Bonchev–Trinajstić information content (AvgIpc) is 3.32. The van der Waals surface area contributed by atoms with Crippen molar-refractivity contribution in [1.29, 1.82) is 0 Å². The number of unbranched alkanes of at least 4 members (excludes halogenated alkanes) is 3. The molecule has 1 saturated heterocycles. The number of nitrogens with one attached hydrogen (secondary N) is 3. The summed E-state index contributed by atoms with van der Waals surface area (Å²) in [4.78, 5) is 53.1. The van der Waals surface area contributed by atoms with Crippen molar-refractivity contribution < 1.29 is 32.7 Å². The number of allylic oxidation sites excluding steroid dienone is 1. The number of amides is 4. The van der Waals surface area contributed by atoms with Crippen molar-refractivity contribution in [2.75, 3.05) is 19.6 Å². The lowest BCUT2D eigenvalue weighted by Crippen LogP contribution is -2.56. The molecule has 12 nitrogen and oxygen atoms in total. The fraction of sp³-hybridized carbons (Fsp3) is 0.625. The lowest BCUT2D eigenvalue weighted by atomic mass is 9.86. The molecule has 0 bridgehead atoms. The zero-order chi connectivity index (χ0) is 33.0. The number of benzene rings is 1. The standard InChI is InChI=1S/C32H47N5O7S/c1-5-6-7-8-9-14-23-18-32(23,29(40)41)35-28(39)24-15-12-17-37(24)27(38)19-33-30(42)34-26(31(2,3)4)21-36-20-22-13-10-11-16-25(22)45(36,43)44/h9-11,13-14,16,23-24,26H,5-8,12,15,17-21H2,1-4H3,(H,35,39)(H,40,41)(H2,33,34,42)/b14-9-/t23?,24-,26?,32+/m0/s1. The summed E-state index contributed by atoms with van der Waals surface area (Å²) >= 11 is 0. The zero-order valence-corrected chi connectivity index (χ0v) is 27.5. The Kier molecular flexibility index (Phi) is 10.6. The normalized spacial score (nSPS) is 24.7. The van der Waals surface area contributed by atoms with Gasteiger partial charge in [-0.25, -0.2) is 18.0 Å². The summed E-state index contributed by atoms with van der Waals surface area (Å²) in [6.07, 6.45) is 9.23. The van der Waals surface area contributed by atoms with Crippen LogP contribution in [0.1, 0.15) is 78.2 Å². The molecule has 4 amide bonds. The first-order chi connectivity index (χ1) is 21.2. The van der Waals surface area contributed by atoms with Gasteiger partial charge in [-0.2, -0.15) is 4.31 Å². The number of sulfonamides is 1. The number of carbonyl (C=O) groups excluding carboxylic acids is 3. The molecule has 248 valence electrons. The van der Waals surface area contributed by atoms with E-state index in [0.717, 1.165) is 25.7 Å². The minimum absolute atomic E-state index is 0.0521. The molecular formula is C32H47N5O7S. The fourth-order valence-corrected chi connectivity index (χ4v) is 7.69. The van der Waals surface area contributed by atoms with Crippen LogP contribution >= 0.6 is 0 Å². The fourth-order valence-electron chi connectivity index (χ4n) is 6.05. The van der Waals surface area contributed by atoms with Crippen LogP contribution in [0.3, 0.4) is 0 Å². The molecule has 1 aromatic rings. The summed E-state index contributed by atoms with van der Waals surface area (Å²) in [6.45, 7) is 8.01. The number of carboxylic acid groups (broad SMARTS) is 1. The zero-order valence-electron chi connectivity index (χ0n) is 26.7. The Hall–Kier alpha value is -3.45. The molecular weight excluding hydrogens is 598 g/mol. The van der Waals surface area contributed by atoms with Crippen LogP contribution in [-0.4, -0.2) is 83.8 Å². The molecule has 0 spiro atoms. The molecule has 2 heterocycles. The largest absolute Gasteiger partial charge is 0.479 e. The second-order valence-corrected chi connectivity index (χ2v) is 15.3. The van der Waals surface area contributed by atoms with E-state index in [-0.39, 0.29) is 30.4 Å². The summed E-state index contributed by atoms with van der Waals surface area (Å²) in [5.41, 5.74) is -1.16. The second kappa shape index (κ2) is 13.9. The van der Waals surface area contributed by atoms with Crippen LogP contribution < -0.4 is 16.0 Å². The number of carboxylic acids is 1. The molecule has 4 rings (SSSR count). The number of aliphatic carboxylic acids is 1. The molecule has 1 saturated carbocycles. The van der Waals surface area contributed by atoms with Crippen LogP contribution in [-0.2, 0) is 31.0 Å². The summed E-state index contributed by atoms with van der Waals surface area (Å²) < 4.78 is 27.5. The van der Waals surface area contributed by atoms with Gasteiger partial charge in [-0.15, -0.1) is 0 Å². The summed E-state index contributed by atoms with van der Waals surface area (Å²) in [5, 5.41) is 18.0. The molecule has 2 unspecified atom stereocenters. The number of hydrogen-bond donors (Lipinski definition) is 4. The number of nitrogens with zero attached hydrogens (tertiary/aromatic N) is 2. The topological polar surface area (TPSA) is 165 Å². The molecule has 0 radical (unpaired) electrons. The minimum atomic E-state index is -3.69. The maximum atomic E-state index is 13.2. The van der Waals surface area contributed by atoms with Gasteiger partial charge in [-0.05, 0) is 49.1 Å². The van der Waals surface area contributed by atoms with E-state index in [0.29, 0.717) is 31.4 Å². The third kappa shape index (κ3) is 7.86. The van der Waals surface area contributed by atoms with E-state index < -0.39 is 56.9 Å².